The number of oxime groups is 1. The Morgan fingerprint density at radius 2 is 2.14 bits per heavy atom. The zero-order valence-electron chi connectivity index (χ0n) is 12.7. The van der Waals surface area contributed by atoms with Gasteiger partial charge in [-0.2, -0.15) is 0 Å². The molecule has 0 aliphatic rings. The van der Waals surface area contributed by atoms with Crippen molar-refractivity contribution in [1.29, 1.82) is 0 Å². The predicted molar refractivity (Wildman–Crippen MR) is 81.3 cm³/mol. The first-order valence-electron chi connectivity index (χ1n) is 6.89. The Labute approximate surface area is 125 Å². The zero-order chi connectivity index (χ0) is 15.8. The first-order chi connectivity index (χ1) is 10.0. The molecule has 0 spiro atoms. The van der Waals surface area contributed by atoms with Gasteiger partial charge in [0.1, 0.15) is 5.75 Å². The van der Waals surface area contributed by atoms with Gasteiger partial charge < -0.3 is 20.6 Å². The highest BCUT2D eigenvalue weighted by atomic mass is 16.5. The first-order valence-corrected chi connectivity index (χ1v) is 6.89. The molecule has 21 heavy (non-hydrogen) atoms. The molecule has 6 nitrogen and oxygen atoms in total. The summed E-state index contributed by atoms with van der Waals surface area (Å²) in [6.45, 7) is 2.35. The SMILES string of the molecule is CCCC(C(=O)N(C)Cc1ccccc1OC)C(N)=NO. The Hall–Kier alpha value is -2.24. The summed E-state index contributed by atoms with van der Waals surface area (Å²) in [7, 11) is 3.29. The molecule has 1 aromatic rings. The highest BCUT2D eigenvalue weighted by Gasteiger charge is 2.25. The number of nitrogens with two attached hydrogens (primary N) is 1. The third-order valence-electron chi connectivity index (χ3n) is 3.32. The summed E-state index contributed by atoms with van der Waals surface area (Å²) in [6.07, 6.45) is 1.32. The molecule has 6 heteroatoms. The minimum Gasteiger partial charge on any atom is -0.496 e. The van der Waals surface area contributed by atoms with Crippen LogP contribution in [0.2, 0.25) is 0 Å². The number of benzene rings is 1. The van der Waals surface area contributed by atoms with E-state index in [4.69, 9.17) is 15.7 Å². The van der Waals surface area contributed by atoms with Gasteiger partial charge in [0.2, 0.25) is 5.91 Å². The molecule has 1 amide bonds. The van der Waals surface area contributed by atoms with Gasteiger partial charge >= 0.3 is 0 Å². The summed E-state index contributed by atoms with van der Waals surface area (Å²) >= 11 is 0. The van der Waals surface area contributed by atoms with Crippen LogP contribution in [-0.4, -0.2) is 36.0 Å². The van der Waals surface area contributed by atoms with Gasteiger partial charge in [0.15, 0.2) is 5.84 Å². The van der Waals surface area contributed by atoms with Gasteiger partial charge in [0.05, 0.1) is 13.0 Å². The normalized spacial score (nSPS) is 12.8. The first kappa shape index (κ1) is 16.8. The summed E-state index contributed by atoms with van der Waals surface area (Å²) < 4.78 is 5.28. The van der Waals surface area contributed by atoms with Crippen LogP contribution in [0.4, 0.5) is 0 Å². The van der Waals surface area contributed by atoms with Crippen molar-refractivity contribution in [3.63, 3.8) is 0 Å². The van der Waals surface area contributed by atoms with Crippen LogP contribution >= 0.6 is 0 Å². The summed E-state index contributed by atoms with van der Waals surface area (Å²) in [5.41, 5.74) is 6.53. The summed E-state index contributed by atoms with van der Waals surface area (Å²) in [6, 6.07) is 7.52. The molecule has 0 aromatic heterocycles. The number of amides is 1. The molecule has 1 aromatic carbocycles. The van der Waals surface area contributed by atoms with Gasteiger partial charge in [0.25, 0.3) is 0 Å². The number of methoxy groups -OCH3 is 1. The standard InChI is InChI=1S/C15H23N3O3/c1-4-7-12(14(16)17-20)15(19)18(2)10-11-8-5-6-9-13(11)21-3/h5-6,8-9,12,20H,4,7,10H2,1-3H3,(H2,16,17). The molecule has 0 saturated carbocycles. The fourth-order valence-electron chi connectivity index (χ4n) is 2.19. The van der Waals surface area contributed by atoms with Crippen LogP contribution in [-0.2, 0) is 11.3 Å². The maximum absolute atomic E-state index is 12.5. The molecular weight excluding hydrogens is 270 g/mol. The van der Waals surface area contributed by atoms with Gasteiger partial charge in [-0.05, 0) is 12.5 Å². The van der Waals surface area contributed by atoms with Gasteiger partial charge in [-0.3, -0.25) is 4.79 Å². The minimum atomic E-state index is -0.597. The monoisotopic (exact) mass is 293 g/mol. The van der Waals surface area contributed by atoms with E-state index in [0.29, 0.717) is 13.0 Å². The molecule has 0 heterocycles. The van der Waals surface area contributed by atoms with Crippen LogP contribution in [0.5, 0.6) is 5.75 Å². The number of rotatable bonds is 7. The number of carbonyl (C=O) groups is 1. The second-order valence-corrected chi connectivity index (χ2v) is 4.87. The molecule has 116 valence electrons. The summed E-state index contributed by atoms with van der Waals surface area (Å²) in [5.74, 6) is -0.0838. The molecule has 3 N–H and O–H groups in total. The van der Waals surface area contributed by atoms with Crippen molar-refractivity contribution in [2.45, 2.75) is 26.3 Å². The Kier molecular flexibility index (Phi) is 6.52. The van der Waals surface area contributed by atoms with Gasteiger partial charge in [-0.15, -0.1) is 0 Å². The van der Waals surface area contributed by atoms with Crippen molar-refractivity contribution in [2.24, 2.45) is 16.8 Å². The quantitative estimate of drug-likeness (QED) is 0.347. The minimum absolute atomic E-state index is 0.0475. The van der Waals surface area contributed by atoms with E-state index in [1.165, 1.54) is 0 Å². The number of carbonyl (C=O) groups excluding carboxylic acids is 1. The largest absolute Gasteiger partial charge is 0.496 e. The summed E-state index contributed by atoms with van der Waals surface area (Å²) in [5, 5.41) is 11.8. The lowest BCUT2D eigenvalue weighted by Gasteiger charge is -2.23. The van der Waals surface area contributed by atoms with Crippen LogP contribution < -0.4 is 10.5 Å². The van der Waals surface area contributed by atoms with Crippen LogP contribution in [0, 0.1) is 5.92 Å². The molecule has 0 radical (unpaired) electrons. The molecular formula is C15H23N3O3. The molecule has 1 atom stereocenters. The number of para-hydroxylation sites is 1. The van der Waals surface area contributed by atoms with E-state index < -0.39 is 5.92 Å². The van der Waals surface area contributed by atoms with Crippen molar-refractivity contribution >= 4 is 11.7 Å². The van der Waals surface area contributed by atoms with E-state index in [1.54, 1.807) is 19.1 Å². The number of nitrogens with zero attached hydrogens (tertiary/aromatic N) is 2. The molecule has 0 aliphatic carbocycles. The molecule has 0 bridgehead atoms. The van der Waals surface area contributed by atoms with Crippen molar-refractivity contribution in [3.8, 4) is 5.75 Å². The number of ether oxygens (including phenoxy) is 1. The Bertz CT molecular complexity index is 503. The van der Waals surface area contributed by atoms with Crippen molar-refractivity contribution in [3.05, 3.63) is 29.8 Å². The Morgan fingerprint density at radius 1 is 1.48 bits per heavy atom. The van der Waals surface area contributed by atoms with E-state index in [2.05, 4.69) is 5.16 Å². The van der Waals surface area contributed by atoms with Gasteiger partial charge in [-0.1, -0.05) is 36.7 Å². The van der Waals surface area contributed by atoms with Gasteiger partial charge in [0, 0.05) is 19.2 Å². The number of amidine groups is 1. The number of hydrogen-bond donors (Lipinski definition) is 2. The Morgan fingerprint density at radius 3 is 2.71 bits per heavy atom. The Balaban J connectivity index is 2.86. The third kappa shape index (κ3) is 4.37. The van der Waals surface area contributed by atoms with E-state index in [9.17, 15) is 4.79 Å². The molecule has 0 aliphatic heterocycles. The average Bonchev–Trinajstić information content (AvgIpc) is 2.51. The van der Waals surface area contributed by atoms with E-state index >= 15 is 0 Å². The van der Waals surface area contributed by atoms with Gasteiger partial charge in [-0.25, -0.2) is 0 Å². The smallest absolute Gasteiger partial charge is 0.233 e. The zero-order valence-corrected chi connectivity index (χ0v) is 12.7. The van der Waals surface area contributed by atoms with Crippen molar-refractivity contribution in [1.82, 2.24) is 4.90 Å². The van der Waals surface area contributed by atoms with Crippen LogP contribution in [0.3, 0.4) is 0 Å². The second kappa shape index (κ2) is 8.14. The van der Waals surface area contributed by atoms with Crippen molar-refractivity contribution < 1.29 is 14.7 Å². The maximum atomic E-state index is 12.5. The second-order valence-electron chi connectivity index (χ2n) is 4.87. The highest BCUT2D eigenvalue weighted by molar-refractivity contribution is 6.01. The fraction of sp³-hybridized carbons (Fsp3) is 0.467. The number of hydrogen-bond acceptors (Lipinski definition) is 4. The van der Waals surface area contributed by atoms with E-state index in [0.717, 1.165) is 17.7 Å². The lowest BCUT2D eigenvalue weighted by Crippen LogP contribution is -2.39. The lowest BCUT2D eigenvalue weighted by atomic mass is 10.0. The molecule has 1 unspecified atom stereocenters. The van der Waals surface area contributed by atoms with E-state index in [1.807, 2.05) is 31.2 Å². The van der Waals surface area contributed by atoms with Crippen molar-refractivity contribution in [2.75, 3.05) is 14.2 Å². The molecule has 1 rings (SSSR count). The highest BCUT2D eigenvalue weighted by Crippen LogP contribution is 2.20. The molecule has 0 saturated heterocycles. The van der Waals surface area contributed by atoms with Crippen LogP contribution in [0.1, 0.15) is 25.3 Å². The maximum Gasteiger partial charge on any atom is 0.233 e. The fourth-order valence-corrected chi connectivity index (χ4v) is 2.19. The summed E-state index contributed by atoms with van der Waals surface area (Å²) in [4.78, 5) is 14.0. The van der Waals surface area contributed by atoms with E-state index in [-0.39, 0.29) is 11.7 Å². The predicted octanol–water partition coefficient (Wildman–Crippen LogP) is 1.82. The topological polar surface area (TPSA) is 88.2 Å². The lowest BCUT2D eigenvalue weighted by molar-refractivity contribution is -0.132. The molecule has 0 fully saturated rings. The van der Waals surface area contributed by atoms with Crippen LogP contribution in [0.25, 0.3) is 0 Å². The van der Waals surface area contributed by atoms with Crippen LogP contribution in [0.15, 0.2) is 29.4 Å². The average molecular weight is 293 g/mol. The third-order valence-corrected chi connectivity index (χ3v) is 3.32.